The van der Waals surface area contributed by atoms with Crippen molar-refractivity contribution in [1.29, 1.82) is 0 Å². The zero-order valence-electron chi connectivity index (χ0n) is 7.21. The van der Waals surface area contributed by atoms with Crippen molar-refractivity contribution in [3.05, 3.63) is 0 Å². The molecule has 0 aromatic heterocycles. The van der Waals surface area contributed by atoms with Crippen molar-refractivity contribution >= 4 is 0 Å². The molecule has 3 unspecified atom stereocenters. The van der Waals surface area contributed by atoms with E-state index in [2.05, 4.69) is 13.8 Å². The van der Waals surface area contributed by atoms with Crippen LogP contribution >= 0.6 is 0 Å². The maximum atomic E-state index is 9.95. The van der Waals surface area contributed by atoms with Crippen LogP contribution in [0, 0.1) is 11.8 Å². The molecule has 2 aliphatic rings. The third-order valence-corrected chi connectivity index (χ3v) is 3.10. The average molecular weight is 156 g/mol. The van der Waals surface area contributed by atoms with Gasteiger partial charge < -0.3 is 9.84 Å². The highest BCUT2D eigenvalue weighted by molar-refractivity contribution is 5.12. The van der Waals surface area contributed by atoms with E-state index in [4.69, 9.17) is 4.74 Å². The van der Waals surface area contributed by atoms with Crippen LogP contribution in [-0.2, 0) is 4.74 Å². The van der Waals surface area contributed by atoms with Crippen molar-refractivity contribution in [3.8, 4) is 0 Å². The highest BCUT2D eigenvalue weighted by Crippen LogP contribution is 2.51. The van der Waals surface area contributed by atoms with Gasteiger partial charge >= 0.3 is 0 Å². The molecule has 1 saturated heterocycles. The van der Waals surface area contributed by atoms with Gasteiger partial charge in [-0.2, -0.15) is 0 Å². The van der Waals surface area contributed by atoms with Crippen molar-refractivity contribution in [2.24, 2.45) is 11.8 Å². The molecule has 0 amide bonds. The molecule has 1 heterocycles. The fourth-order valence-electron chi connectivity index (χ4n) is 2.33. The molecule has 0 bridgehead atoms. The van der Waals surface area contributed by atoms with Crippen molar-refractivity contribution in [2.45, 2.75) is 38.4 Å². The van der Waals surface area contributed by atoms with Crippen LogP contribution in [-0.4, -0.2) is 23.4 Å². The molecule has 1 aliphatic heterocycles. The minimum Gasteiger partial charge on any atom is -0.387 e. The number of aliphatic hydroxyl groups is 1. The molecule has 2 fully saturated rings. The Hall–Kier alpha value is -0.0800. The van der Waals surface area contributed by atoms with E-state index in [0.29, 0.717) is 11.8 Å². The molecule has 3 atom stereocenters. The third kappa shape index (κ3) is 1.00. The maximum Gasteiger partial charge on any atom is 0.0966 e. The van der Waals surface area contributed by atoms with E-state index in [0.717, 1.165) is 19.4 Å². The second-order valence-electron chi connectivity index (χ2n) is 4.19. The molecular weight excluding hydrogens is 140 g/mol. The molecule has 2 rings (SSSR count). The molecule has 1 aliphatic carbocycles. The van der Waals surface area contributed by atoms with Gasteiger partial charge in [-0.1, -0.05) is 13.8 Å². The van der Waals surface area contributed by atoms with E-state index in [1.54, 1.807) is 0 Å². The average Bonchev–Trinajstić information content (AvgIpc) is 2.58. The van der Waals surface area contributed by atoms with Crippen molar-refractivity contribution in [3.63, 3.8) is 0 Å². The summed E-state index contributed by atoms with van der Waals surface area (Å²) >= 11 is 0. The highest BCUT2D eigenvalue weighted by atomic mass is 16.5. The molecule has 2 nitrogen and oxygen atoms in total. The maximum absolute atomic E-state index is 9.95. The topological polar surface area (TPSA) is 29.5 Å². The Morgan fingerprint density at radius 2 is 2.27 bits per heavy atom. The Balaban J connectivity index is 2.08. The first-order chi connectivity index (χ1) is 5.14. The smallest absolute Gasteiger partial charge is 0.0966 e. The molecular formula is C9H16O2. The standard InChI is InChI=1S/C9H16O2/c1-6(2)7-3-4-11-8-5-9(7,8)10/h6-8,10H,3-5H2,1-2H3. The Morgan fingerprint density at radius 1 is 1.55 bits per heavy atom. The summed E-state index contributed by atoms with van der Waals surface area (Å²) < 4.78 is 5.39. The lowest BCUT2D eigenvalue weighted by Crippen LogP contribution is -2.36. The van der Waals surface area contributed by atoms with Crippen LogP contribution in [0.25, 0.3) is 0 Å². The number of hydrogen-bond donors (Lipinski definition) is 1. The lowest BCUT2D eigenvalue weighted by molar-refractivity contribution is -0.0621. The van der Waals surface area contributed by atoms with E-state index in [1.807, 2.05) is 0 Å². The number of rotatable bonds is 1. The van der Waals surface area contributed by atoms with E-state index < -0.39 is 5.60 Å². The zero-order valence-corrected chi connectivity index (χ0v) is 7.21. The minimum atomic E-state index is -0.438. The van der Waals surface area contributed by atoms with E-state index in [-0.39, 0.29) is 6.10 Å². The lowest BCUT2D eigenvalue weighted by Gasteiger charge is -2.30. The van der Waals surface area contributed by atoms with Gasteiger partial charge in [0.1, 0.15) is 0 Å². The Kier molecular flexibility index (Phi) is 1.52. The summed E-state index contributed by atoms with van der Waals surface area (Å²) in [4.78, 5) is 0. The van der Waals surface area contributed by atoms with Crippen LogP contribution in [0.5, 0.6) is 0 Å². The monoisotopic (exact) mass is 156 g/mol. The van der Waals surface area contributed by atoms with E-state index >= 15 is 0 Å². The first-order valence-corrected chi connectivity index (χ1v) is 4.48. The molecule has 1 saturated carbocycles. The van der Waals surface area contributed by atoms with Gasteiger partial charge in [-0.15, -0.1) is 0 Å². The van der Waals surface area contributed by atoms with Gasteiger partial charge in [-0.25, -0.2) is 0 Å². The Bertz CT molecular complexity index is 167. The van der Waals surface area contributed by atoms with Crippen LogP contribution in [0.3, 0.4) is 0 Å². The SMILES string of the molecule is CC(C)C1CCOC2CC21O. The largest absolute Gasteiger partial charge is 0.387 e. The van der Waals surface area contributed by atoms with Crippen LogP contribution < -0.4 is 0 Å². The van der Waals surface area contributed by atoms with Crippen molar-refractivity contribution in [2.75, 3.05) is 6.61 Å². The summed E-state index contributed by atoms with van der Waals surface area (Å²) in [6.07, 6.45) is 2.07. The first-order valence-electron chi connectivity index (χ1n) is 4.48. The van der Waals surface area contributed by atoms with Gasteiger partial charge in [-0.05, 0) is 18.3 Å². The molecule has 0 spiro atoms. The fourth-order valence-corrected chi connectivity index (χ4v) is 2.33. The molecule has 1 N–H and O–H groups in total. The summed E-state index contributed by atoms with van der Waals surface area (Å²) in [6, 6.07) is 0. The molecule has 0 radical (unpaired) electrons. The summed E-state index contributed by atoms with van der Waals surface area (Å²) in [5, 5.41) is 9.95. The van der Waals surface area contributed by atoms with Gasteiger partial charge in [0.25, 0.3) is 0 Å². The fraction of sp³-hybridized carbons (Fsp3) is 1.00. The van der Waals surface area contributed by atoms with Gasteiger partial charge in [0.2, 0.25) is 0 Å². The first kappa shape index (κ1) is 7.56. The summed E-state index contributed by atoms with van der Waals surface area (Å²) in [5.74, 6) is 1.06. The highest BCUT2D eigenvalue weighted by Gasteiger charge is 2.61. The van der Waals surface area contributed by atoms with Crippen LogP contribution in [0.15, 0.2) is 0 Å². The van der Waals surface area contributed by atoms with Crippen molar-refractivity contribution in [1.82, 2.24) is 0 Å². The predicted molar refractivity (Wildman–Crippen MR) is 42.3 cm³/mol. The Labute approximate surface area is 67.6 Å². The van der Waals surface area contributed by atoms with Crippen LogP contribution in [0.2, 0.25) is 0 Å². The number of fused-ring (bicyclic) bond motifs is 1. The normalized spacial score (nSPS) is 49.1. The lowest BCUT2D eigenvalue weighted by atomic mass is 9.84. The van der Waals surface area contributed by atoms with Gasteiger partial charge in [-0.3, -0.25) is 0 Å². The number of ether oxygens (including phenoxy) is 1. The third-order valence-electron chi connectivity index (χ3n) is 3.10. The molecule has 64 valence electrons. The van der Waals surface area contributed by atoms with Gasteiger partial charge in [0.15, 0.2) is 0 Å². The molecule has 11 heavy (non-hydrogen) atoms. The molecule has 0 aromatic rings. The zero-order chi connectivity index (χ0) is 8.06. The Morgan fingerprint density at radius 3 is 2.82 bits per heavy atom. The summed E-state index contributed by atoms with van der Waals surface area (Å²) in [6.45, 7) is 5.21. The number of hydrogen-bond acceptors (Lipinski definition) is 2. The molecule has 2 heteroatoms. The quantitative estimate of drug-likeness (QED) is 0.617. The van der Waals surface area contributed by atoms with Crippen molar-refractivity contribution < 1.29 is 9.84 Å². The van der Waals surface area contributed by atoms with Crippen LogP contribution in [0.4, 0.5) is 0 Å². The summed E-state index contributed by atoms with van der Waals surface area (Å²) in [7, 11) is 0. The minimum absolute atomic E-state index is 0.170. The van der Waals surface area contributed by atoms with E-state index in [9.17, 15) is 5.11 Å². The van der Waals surface area contributed by atoms with Gasteiger partial charge in [0, 0.05) is 13.0 Å². The van der Waals surface area contributed by atoms with Gasteiger partial charge in [0.05, 0.1) is 11.7 Å². The van der Waals surface area contributed by atoms with Crippen LogP contribution in [0.1, 0.15) is 26.7 Å². The molecule has 0 aromatic carbocycles. The second-order valence-corrected chi connectivity index (χ2v) is 4.19. The second kappa shape index (κ2) is 2.20. The summed E-state index contributed by atoms with van der Waals surface area (Å²) in [5.41, 5.74) is -0.438. The van der Waals surface area contributed by atoms with E-state index in [1.165, 1.54) is 0 Å². The predicted octanol–water partition coefficient (Wildman–Crippen LogP) is 1.18.